The van der Waals surface area contributed by atoms with Gasteiger partial charge in [-0.25, -0.2) is 0 Å². The largest absolute Gasteiger partial charge is 0.361 e. The van der Waals surface area contributed by atoms with E-state index in [1.54, 1.807) is 0 Å². The number of aromatic amines is 1. The molecule has 0 spiro atoms. The number of hydrogen-bond acceptors (Lipinski definition) is 1. The molecule has 1 N–H and O–H groups in total. The van der Waals surface area contributed by atoms with Crippen LogP contribution >= 0.6 is 0 Å². The van der Waals surface area contributed by atoms with Crippen molar-refractivity contribution in [3.8, 4) is 0 Å². The molecule has 1 aromatic carbocycles. The van der Waals surface area contributed by atoms with Crippen LogP contribution in [0.25, 0.3) is 10.9 Å². The number of carbonyl (C=O) groups excluding carboxylic acids is 1. The van der Waals surface area contributed by atoms with Gasteiger partial charge in [0, 0.05) is 22.7 Å². The first-order valence-corrected chi connectivity index (χ1v) is 5.84. The zero-order valence-corrected chi connectivity index (χ0v) is 10.8. The number of benzene rings is 1. The van der Waals surface area contributed by atoms with Gasteiger partial charge in [-0.3, -0.25) is 4.79 Å². The number of H-pyrrole nitrogens is 1. The summed E-state index contributed by atoms with van der Waals surface area (Å²) in [7, 11) is 0. The van der Waals surface area contributed by atoms with E-state index in [1.165, 1.54) is 5.56 Å². The summed E-state index contributed by atoms with van der Waals surface area (Å²) in [5.74, 6) is 0. The molecule has 0 saturated heterocycles. The number of nitrogens with one attached hydrogen (secondary N) is 1. The van der Waals surface area contributed by atoms with Gasteiger partial charge in [0.25, 0.3) is 0 Å². The van der Waals surface area contributed by atoms with E-state index < -0.39 is 0 Å². The summed E-state index contributed by atoms with van der Waals surface area (Å²) in [6.45, 7) is 10.0. The molecule has 2 rings (SSSR count). The molecule has 0 unspecified atom stereocenters. The fraction of sp³-hybridized carbons (Fsp3) is 0.357. The molecule has 0 saturated carbocycles. The highest BCUT2D eigenvalue weighted by molar-refractivity contribution is 5.89. The Morgan fingerprint density at radius 1 is 1.12 bits per heavy atom. The number of carbonyl (C=O) groups is 1. The van der Waals surface area contributed by atoms with Crippen molar-refractivity contribution in [1.29, 1.82) is 0 Å². The Bertz CT molecular complexity index is 429. The second kappa shape index (κ2) is 7.69. The van der Waals surface area contributed by atoms with Crippen LogP contribution < -0.4 is 0 Å². The van der Waals surface area contributed by atoms with Gasteiger partial charge in [-0.15, -0.1) is 0 Å². The molecular formula is C14H21NO. The Kier molecular flexibility index (Phi) is 6.93. The lowest BCUT2D eigenvalue weighted by Gasteiger charge is -1.92. The van der Waals surface area contributed by atoms with Crippen molar-refractivity contribution in [3.05, 3.63) is 35.5 Å². The highest BCUT2D eigenvalue weighted by Gasteiger charge is 1.99. The third-order valence-corrected chi connectivity index (χ3v) is 2.05. The summed E-state index contributed by atoms with van der Waals surface area (Å²) in [6.07, 6.45) is 2.81. The molecule has 0 amide bonds. The van der Waals surface area contributed by atoms with Crippen LogP contribution in [0.15, 0.2) is 24.4 Å². The van der Waals surface area contributed by atoms with E-state index in [9.17, 15) is 4.79 Å². The van der Waals surface area contributed by atoms with Crippen LogP contribution in [0.4, 0.5) is 0 Å². The molecule has 16 heavy (non-hydrogen) atoms. The lowest BCUT2D eigenvalue weighted by Crippen LogP contribution is -1.78. The quantitative estimate of drug-likeness (QED) is 0.711. The number of rotatable bonds is 1. The maximum atomic E-state index is 10.5. The van der Waals surface area contributed by atoms with Gasteiger partial charge in [0.2, 0.25) is 0 Å². The van der Waals surface area contributed by atoms with E-state index >= 15 is 0 Å². The molecule has 0 aliphatic heterocycles. The van der Waals surface area contributed by atoms with Crippen LogP contribution in [0.2, 0.25) is 0 Å². The minimum Gasteiger partial charge on any atom is -0.361 e. The first-order valence-electron chi connectivity index (χ1n) is 5.84. The molecule has 88 valence electrons. The summed E-state index contributed by atoms with van der Waals surface area (Å²) < 4.78 is 0. The maximum Gasteiger partial charge on any atom is 0.150 e. The molecule has 0 fully saturated rings. The Balaban J connectivity index is 0.000000509. The fourth-order valence-corrected chi connectivity index (χ4v) is 1.35. The Hall–Kier alpha value is -1.57. The van der Waals surface area contributed by atoms with Crippen molar-refractivity contribution in [2.45, 2.75) is 34.6 Å². The van der Waals surface area contributed by atoms with Crippen molar-refractivity contribution >= 4 is 17.2 Å². The first-order chi connectivity index (χ1) is 7.81. The SMILES string of the molecule is CC.CC.Cc1c[nH]c2ccc(C=O)cc12. The highest BCUT2D eigenvalue weighted by Crippen LogP contribution is 2.17. The van der Waals surface area contributed by atoms with Crippen molar-refractivity contribution in [2.24, 2.45) is 0 Å². The van der Waals surface area contributed by atoms with Crippen LogP contribution in [-0.4, -0.2) is 11.3 Å². The topological polar surface area (TPSA) is 32.9 Å². The molecular weight excluding hydrogens is 198 g/mol. The first kappa shape index (κ1) is 14.4. The van der Waals surface area contributed by atoms with Crippen LogP contribution in [0.3, 0.4) is 0 Å². The molecule has 1 aromatic heterocycles. The van der Waals surface area contributed by atoms with Crippen molar-refractivity contribution in [1.82, 2.24) is 4.98 Å². The summed E-state index contributed by atoms with van der Waals surface area (Å²) in [4.78, 5) is 13.6. The van der Waals surface area contributed by atoms with Gasteiger partial charge in [0.15, 0.2) is 0 Å². The minimum atomic E-state index is 0.727. The normalized spacial score (nSPS) is 8.56. The van der Waals surface area contributed by atoms with E-state index in [1.807, 2.05) is 59.0 Å². The number of aromatic nitrogens is 1. The van der Waals surface area contributed by atoms with Gasteiger partial charge >= 0.3 is 0 Å². The molecule has 0 bridgehead atoms. The van der Waals surface area contributed by atoms with Crippen LogP contribution in [-0.2, 0) is 0 Å². The van der Waals surface area contributed by atoms with Crippen LogP contribution in [0.5, 0.6) is 0 Å². The predicted octanol–water partition coefficient (Wildman–Crippen LogP) is 4.34. The smallest absolute Gasteiger partial charge is 0.150 e. The van der Waals surface area contributed by atoms with Gasteiger partial charge in [0.05, 0.1) is 0 Å². The molecule has 0 aliphatic carbocycles. The zero-order chi connectivity index (χ0) is 12.6. The Morgan fingerprint density at radius 2 is 1.75 bits per heavy atom. The average Bonchev–Trinajstić information content (AvgIpc) is 2.75. The molecule has 0 radical (unpaired) electrons. The van der Waals surface area contributed by atoms with Crippen molar-refractivity contribution < 1.29 is 4.79 Å². The van der Waals surface area contributed by atoms with Gasteiger partial charge < -0.3 is 4.98 Å². The highest BCUT2D eigenvalue weighted by atomic mass is 16.1. The Labute approximate surface area is 97.7 Å². The summed E-state index contributed by atoms with van der Waals surface area (Å²) in [5.41, 5.74) is 2.98. The van der Waals surface area contributed by atoms with Crippen molar-refractivity contribution in [2.75, 3.05) is 0 Å². The fourth-order valence-electron chi connectivity index (χ4n) is 1.35. The van der Waals surface area contributed by atoms with E-state index in [0.29, 0.717) is 0 Å². The molecule has 0 atom stereocenters. The molecule has 2 nitrogen and oxygen atoms in total. The second-order valence-electron chi connectivity index (χ2n) is 2.89. The molecule has 1 heterocycles. The van der Waals surface area contributed by atoms with Gasteiger partial charge in [-0.05, 0) is 30.7 Å². The van der Waals surface area contributed by atoms with Crippen LogP contribution in [0, 0.1) is 6.92 Å². The van der Waals surface area contributed by atoms with E-state index in [2.05, 4.69) is 4.98 Å². The van der Waals surface area contributed by atoms with Gasteiger partial charge in [0.1, 0.15) is 6.29 Å². The predicted molar refractivity (Wildman–Crippen MR) is 71.1 cm³/mol. The lowest BCUT2D eigenvalue weighted by atomic mass is 10.1. The zero-order valence-electron chi connectivity index (χ0n) is 10.8. The standard InChI is InChI=1S/C10H9NO.2C2H6/c1-7-5-11-10-3-2-8(6-12)4-9(7)10;2*1-2/h2-6,11H,1H3;2*1-2H3. The number of hydrogen-bond donors (Lipinski definition) is 1. The number of aryl methyl sites for hydroxylation is 1. The monoisotopic (exact) mass is 219 g/mol. The Morgan fingerprint density at radius 3 is 2.31 bits per heavy atom. The average molecular weight is 219 g/mol. The summed E-state index contributed by atoms with van der Waals surface area (Å²) in [6, 6.07) is 5.63. The van der Waals surface area contributed by atoms with E-state index in [-0.39, 0.29) is 0 Å². The maximum absolute atomic E-state index is 10.5. The molecule has 2 heteroatoms. The summed E-state index contributed by atoms with van der Waals surface area (Å²) >= 11 is 0. The second-order valence-corrected chi connectivity index (χ2v) is 2.89. The summed E-state index contributed by atoms with van der Waals surface area (Å²) in [5, 5.41) is 1.12. The van der Waals surface area contributed by atoms with Crippen molar-refractivity contribution in [3.63, 3.8) is 0 Å². The molecule has 0 aliphatic rings. The van der Waals surface area contributed by atoms with E-state index in [4.69, 9.17) is 0 Å². The van der Waals surface area contributed by atoms with Gasteiger partial charge in [-0.1, -0.05) is 27.7 Å². The third-order valence-electron chi connectivity index (χ3n) is 2.05. The van der Waals surface area contributed by atoms with Crippen LogP contribution in [0.1, 0.15) is 43.6 Å². The number of aldehydes is 1. The van der Waals surface area contributed by atoms with E-state index in [0.717, 1.165) is 22.8 Å². The molecule has 2 aromatic rings. The minimum absolute atomic E-state index is 0.727. The number of fused-ring (bicyclic) bond motifs is 1. The van der Waals surface area contributed by atoms with Gasteiger partial charge in [-0.2, -0.15) is 0 Å². The third kappa shape index (κ3) is 3.23. The lowest BCUT2D eigenvalue weighted by molar-refractivity contribution is 0.112.